The first-order chi connectivity index (χ1) is 11.1. The van der Waals surface area contributed by atoms with Crippen molar-refractivity contribution in [1.82, 2.24) is 9.80 Å². The van der Waals surface area contributed by atoms with Crippen LogP contribution < -0.4 is 0 Å². The largest absolute Gasteiger partial charge is 0.472 e. The van der Waals surface area contributed by atoms with E-state index in [1.54, 1.807) is 34.1 Å². The molecule has 5 nitrogen and oxygen atoms in total. The first-order valence-corrected chi connectivity index (χ1v) is 8.29. The van der Waals surface area contributed by atoms with Crippen molar-refractivity contribution in [3.63, 3.8) is 0 Å². The number of amides is 2. The van der Waals surface area contributed by atoms with Gasteiger partial charge in [0.05, 0.1) is 22.4 Å². The minimum Gasteiger partial charge on any atom is -0.472 e. The van der Waals surface area contributed by atoms with Crippen molar-refractivity contribution >= 4 is 39.3 Å². The van der Waals surface area contributed by atoms with E-state index in [1.165, 1.54) is 12.5 Å². The molecule has 0 radical (unpaired) electrons. The van der Waals surface area contributed by atoms with Gasteiger partial charge in [-0.15, -0.1) is 0 Å². The topological polar surface area (TPSA) is 53.8 Å². The molecular formula is C16H14BrClN2O3. The molecule has 2 aromatic rings. The fraction of sp³-hybridized carbons (Fsp3) is 0.250. The molecule has 2 heterocycles. The van der Waals surface area contributed by atoms with Crippen molar-refractivity contribution in [2.45, 2.75) is 0 Å². The molecule has 0 unspecified atom stereocenters. The highest BCUT2D eigenvalue weighted by atomic mass is 79.9. The minimum atomic E-state index is -0.119. The number of benzene rings is 1. The molecule has 1 aliphatic heterocycles. The van der Waals surface area contributed by atoms with Crippen LogP contribution in [0.1, 0.15) is 20.7 Å². The lowest BCUT2D eigenvalue weighted by Gasteiger charge is -2.34. The van der Waals surface area contributed by atoms with E-state index in [9.17, 15) is 9.59 Å². The van der Waals surface area contributed by atoms with Crippen LogP contribution in [0, 0.1) is 0 Å². The summed E-state index contributed by atoms with van der Waals surface area (Å²) in [6.07, 6.45) is 2.91. The number of carbonyl (C=O) groups excluding carboxylic acids is 2. The number of carbonyl (C=O) groups is 2. The van der Waals surface area contributed by atoms with Gasteiger partial charge in [0.2, 0.25) is 0 Å². The first-order valence-electron chi connectivity index (χ1n) is 7.12. The summed E-state index contributed by atoms with van der Waals surface area (Å²) in [5.41, 5.74) is 0.996. The molecule has 1 fully saturated rings. The van der Waals surface area contributed by atoms with Crippen LogP contribution in [0.3, 0.4) is 0 Å². The fourth-order valence-electron chi connectivity index (χ4n) is 2.51. The summed E-state index contributed by atoms with van der Waals surface area (Å²) in [7, 11) is 0. The lowest BCUT2D eigenvalue weighted by atomic mass is 10.1. The van der Waals surface area contributed by atoms with Crippen LogP contribution in [0.5, 0.6) is 0 Å². The summed E-state index contributed by atoms with van der Waals surface area (Å²) < 4.78 is 5.74. The second kappa shape index (κ2) is 6.76. The predicted molar refractivity (Wildman–Crippen MR) is 89.7 cm³/mol. The van der Waals surface area contributed by atoms with Gasteiger partial charge in [-0.3, -0.25) is 9.59 Å². The second-order valence-corrected chi connectivity index (χ2v) is 6.54. The van der Waals surface area contributed by atoms with Gasteiger partial charge < -0.3 is 14.2 Å². The third-order valence-corrected chi connectivity index (χ3v) is 4.60. The Hall–Kier alpha value is -1.79. The zero-order chi connectivity index (χ0) is 16.4. The molecule has 0 N–H and O–H groups in total. The van der Waals surface area contributed by atoms with Crippen molar-refractivity contribution < 1.29 is 14.0 Å². The third kappa shape index (κ3) is 3.43. The molecule has 1 aromatic heterocycles. The van der Waals surface area contributed by atoms with Crippen LogP contribution in [0.15, 0.2) is 45.7 Å². The Morgan fingerprint density at radius 2 is 1.70 bits per heavy atom. The average molecular weight is 398 g/mol. The highest BCUT2D eigenvalue weighted by molar-refractivity contribution is 9.10. The molecule has 3 rings (SSSR count). The lowest BCUT2D eigenvalue weighted by Crippen LogP contribution is -2.50. The normalized spacial score (nSPS) is 14.9. The molecule has 0 bridgehead atoms. The minimum absolute atomic E-state index is 0.0775. The Morgan fingerprint density at radius 3 is 2.30 bits per heavy atom. The van der Waals surface area contributed by atoms with Crippen molar-refractivity contribution in [2.75, 3.05) is 26.2 Å². The van der Waals surface area contributed by atoms with Gasteiger partial charge >= 0.3 is 0 Å². The molecule has 1 aromatic carbocycles. The highest BCUT2D eigenvalue weighted by Crippen LogP contribution is 2.23. The number of piperazine rings is 1. The average Bonchev–Trinajstić information content (AvgIpc) is 3.10. The van der Waals surface area contributed by atoms with Crippen LogP contribution in [-0.4, -0.2) is 47.8 Å². The van der Waals surface area contributed by atoms with Gasteiger partial charge in [0.25, 0.3) is 11.8 Å². The summed E-state index contributed by atoms with van der Waals surface area (Å²) in [6, 6.07) is 6.84. The Balaban J connectivity index is 1.66. The first kappa shape index (κ1) is 16.1. The number of halogens is 2. The van der Waals surface area contributed by atoms with Gasteiger partial charge in [-0.05, 0) is 24.3 Å². The maximum atomic E-state index is 12.6. The number of nitrogens with zero attached hydrogens (tertiary/aromatic N) is 2. The Bertz CT molecular complexity index is 725. The van der Waals surface area contributed by atoms with Gasteiger partial charge in [-0.1, -0.05) is 27.5 Å². The SMILES string of the molecule is O=C(c1ccoc1)N1CCN(C(=O)c2cc(Br)ccc2Cl)CC1. The Morgan fingerprint density at radius 1 is 1.04 bits per heavy atom. The number of hydrogen-bond donors (Lipinski definition) is 0. The lowest BCUT2D eigenvalue weighted by molar-refractivity contribution is 0.0535. The summed E-state index contributed by atoms with van der Waals surface area (Å²) in [5, 5.41) is 0.426. The van der Waals surface area contributed by atoms with Gasteiger partial charge in [0.15, 0.2) is 0 Å². The zero-order valence-corrected chi connectivity index (χ0v) is 14.5. The molecule has 0 atom stereocenters. The fourth-order valence-corrected chi connectivity index (χ4v) is 3.07. The monoisotopic (exact) mass is 396 g/mol. The quantitative estimate of drug-likeness (QED) is 0.781. The molecule has 7 heteroatoms. The number of rotatable bonds is 2. The predicted octanol–water partition coefficient (Wildman–Crippen LogP) is 3.29. The van der Waals surface area contributed by atoms with Gasteiger partial charge in [-0.25, -0.2) is 0 Å². The molecule has 120 valence electrons. The van der Waals surface area contributed by atoms with Crippen LogP contribution in [0.2, 0.25) is 5.02 Å². The van der Waals surface area contributed by atoms with Crippen LogP contribution in [0.4, 0.5) is 0 Å². The van der Waals surface area contributed by atoms with Gasteiger partial charge in [0, 0.05) is 30.7 Å². The molecule has 1 saturated heterocycles. The Kier molecular flexibility index (Phi) is 4.73. The summed E-state index contributed by atoms with van der Waals surface area (Å²) >= 11 is 9.46. The van der Waals surface area contributed by atoms with E-state index in [2.05, 4.69) is 15.9 Å². The van der Waals surface area contributed by atoms with E-state index in [-0.39, 0.29) is 11.8 Å². The van der Waals surface area contributed by atoms with E-state index < -0.39 is 0 Å². The van der Waals surface area contributed by atoms with Gasteiger partial charge in [0.1, 0.15) is 6.26 Å². The van der Waals surface area contributed by atoms with E-state index >= 15 is 0 Å². The van der Waals surface area contributed by atoms with E-state index in [1.807, 2.05) is 0 Å². The molecule has 0 spiro atoms. The summed E-state index contributed by atoms with van der Waals surface area (Å²) in [5.74, 6) is -0.196. The standard InChI is InChI=1S/C16H14BrClN2O3/c17-12-1-2-14(18)13(9-12)16(22)20-6-4-19(5-7-20)15(21)11-3-8-23-10-11/h1-3,8-10H,4-7H2. The van der Waals surface area contributed by atoms with E-state index in [0.29, 0.717) is 42.3 Å². The van der Waals surface area contributed by atoms with Crippen molar-refractivity contribution in [3.05, 3.63) is 57.4 Å². The van der Waals surface area contributed by atoms with Gasteiger partial charge in [-0.2, -0.15) is 0 Å². The van der Waals surface area contributed by atoms with Crippen molar-refractivity contribution in [3.8, 4) is 0 Å². The second-order valence-electron chi connectivity index (χ2n) is 5.22. The van der Waals surface area contributed by atoms with Crippen LogP contribution >= 0.6 is 27.5 Å². The molecule has 0 saturated carbocycles. The van der Waals surface area contributed by atoms with E-state index in [0.717, 1.165) is 4.47 Å². The third-order valence-electron chi connectivity index (χ3n) is 3.78. The molecule has 1 aliphatic rings. The highest BCUT2D eigenvalue weighted by Gasteiger charge is 2.26. The van der Waals surface area contributed by atoms with E-state index in [4.69, 9.17) is 16.0 Å². The number of furan rings is 1. The molecular weight excluding hydrogens is 384 g/mol. The molecule has 23 heavy (non-hydrogen) atoms. The smallest absolute Gasteiger partial charge is 0.257 e. The Labute approximate surface area is 146 Å². The summed E-state index contributed by atoms with van der Waals surface area (Å²) in [4.78, 5) is 28.3. The van der Waals surface area contributed by atoms with Crippen LogP contribution in [-0.2, 0) is 0 Å². The molecule has 0 aliphatic carbocycles. The zero-order valence-electron chi connectivity index (χ0n) is 12.2. The van der Waals surface area contributed by atoms with Crippen molar-refractivity contribution in [2.24, 2.45) is 0 Å². The van der Waals surface area contributed by atoms with Crippen molar-refractivity contribution in [1.29, 1.82) is 0 Å². The maximum Gasteiger partial charge on any atom is 0.257 e. The number of hydrogen-bond acceptors (Lipinski definition) is 3. The maximum absolute atomic E-state index is 12.6. The van der Waals surface area contributed by atoms with Crippen LogP contribution in [0.25, 0.3) is 0 Å². The summed E-state index contributed by atoms with van der Waals surface area (Å²) in [6.45, 7) is 1.93. The molecule has 2 amide bonds.